The molecule has 1 N–H and O–H groups in total. The van der Waals surface area contributed by atoms with E-state index in [2.05, 4.69) is 30.8 Å². The van der Waals surface area contributed by atoms with Crippen molar-refractivity contribution in [1.82, 2.24) is 14.9 Å². The number of hydrogen-bond donors (Lipinski definition) is 1. The molecule has 0 spiro atoms. The third-order valence-corrected chi connectivity index (χ3v) is 5.93. The molecule has 1 aliphatic rings. The number of rotatable bonds is 1. The number of thiophene rings is 1. The summed E-state index contributed by atoms with van der Waals surface area (Å²) in [4.78, 5) is 24.9. The first-order valence-electron chi connectivity index (χ1n) is 7.77. The van der Waals surface area contributed by atoms with Crippen molar-refractivity contribution in [2.75, 3.05) is 7.05 Å². The molecular formula is C18H19N3OS. The summed E-state index contributed by atoms with van der Waals surface area (Å²) in [7, 11) is 2.14. The highest BCUT2D eigenvalue weighted by Crippen LogP contribution is 2.38. The minimum absolute atomic E-state index is 0.0216. The quantitative estimate of drug-likeness (QED) is 0.746. The summed E-state index contributed by atoms with van der Waals surface area (Å²) < 4.78 is 0. The van der Waals surface area contributed by atoms with Crippen molar-refractivity contribution in [2.45, 2.75) is 32.4 Å². The van der Waals surface area contributed by atoms with E-state index in [1.54, 1.807) is 11.3 Å². The average molecular weight is 325 g/mol. The van der Waals surface area contributed by atoms with Gasteiger partial charge in [-0.3, -0.25) is 9.69 Å². The van der Waals surface area contributed by atoms with Crippen LogP contribution in [0.2, 0.25) is 0 Å². The monoisotopic (exact) mass is 325 g/mol. The smallest absolute Gasteiger partial charge is 0.260 e. The van der Waals surface area contributed by atoms with Crippen LogP contribution in [0.4, 0.5) is 0 Å². The SMILES string of the molecule is CN1Cc2sc3nc(-c4ccccc4)[nH]c(=O)c3c2CC1(C)C. The molecule has 0 fully saturated rings. The number of nitrogens with zero attached hydrogens (tertiary/aromatic N) is 2. The van der Waals surface area contributed by atoms with Crippen molar-refractivity contribution < 1.29 is 0 Å². The van der Waals surface area contributed by atoms with Crippen molar-refractivity contribution in [1.29, 1.82) is 0 Å². The summed E-state index contributed by atoms with van der Waals surface area (Å²) in [6.45, 7) is 5.32. The lowest BCUT2D eigenvalue weighted by Gasteiger charge is -2.39. The van der Waals surface area contributed by atoms with Crippen molar-refractivity contribution >= 4 is 21.6 Å². The van der Waals surface area contributed by atoms with Crippen LogP contribution in [0.25, 0.3) is 21.6 Å². The zero-order valence-electron chi connectivity index (χ0n) is 13.5. The van der Waals surface area contributed by atoms with Gasteiger partial charge >= 0.3 is 0 Å². The second-order valence-electron chi connectivity index (χ2n) is 6.81. The van der Waals surface area contributed by atoms with E-state index in [0.717, 1.165) is 28.7 Å². The van der Waals surface area contributed by atoms with E-state index in [9.17, 15) is 4.79 Å². The maximum atomic E-state index is 12.7. The molecule has 0 bridgehead atoms. The van der Waals surface area contributed by atoms with Crippen LogP contribution in [-0.2, 0) is 13.0 Å². The highest BCUT2D eigenvalue weighted by molar-refractivity contribution is 7.18. The van der Waals surface area contributed by atoms with Crippen LogP contribution >= 0.6 is 11.3 Å². The largest absolute Gasteiger partial charge is 0.306 e. The van der Waals surface area contributed by atoms with Crippen LogP contribution in [0.15, 0.2) is 35.1 Å². The molecule has 0 saturated heterocycles. The van der Waals surface area contributed by atoms with Gasteiger partial charge in [0.15, 0.2) is 0 Å². The lowest BCUT2D eigenvalue weighted by molar-refractivity contribution is 0.136. The van der Waals surface area contributed by atoms with Gasteiger partial charge in [-0.25, -0.2) is 4.98 Å². The predicted molar refractivity (Wildman–Crippen MR) is 94.9 cm³/mol. The van der Waals surface area contributed by atoms with Crippen LogP contribution in [0.3, 0.4) is 0 Å². The molecule has 3 heterocycles. The number of H-pyrrole nitrogens is 1. The van der Waals surface area contributed by atoms with Gasteiger partial charge in [-0.2, -0.15) is 0 Å². The number of fused-ring (bicyclic) bond motifs is 3. The molecule has 23 heavy (non-hydrogen) atoms. The maximum Gasteiger partial charge on any atom is 0.260 e. The summed E-state index contributed by atoms with van der Waals surface area (Å²) >= 11 is 1.65. The van der Waals surface area contributed by atoms with Gasteiger partial charge in [-0.15, -0.1) is 11.3 Å². The van der Waals surface area contributed by atoms with Crippen molar-refractivity contribution in [3.05, 3.63) is 51.1 Å². The average Bonchev–Trinajstić information content (AvgIpc) is 2.85. The van der Waals surface area contributed by atoms with Crippen molar-refractivity contribution in [3.63, 3.8) is 0 Å². The minimum atomic E-state index is -0.0216. The van der Waals surface area contributed by atoms with Gasteiger partial charge in [-0.1, -0.05) is 30.3 Å². The predicted octanol–water partition coefficient (Wildman–Crippen LogP) is 3.42. The number of hydrogen-bond acceptors (Lipinski definition) is 4. The summed E-state index contributed by atoms with van der Waals surface area (Å²) in [5.74, 6) is 0.648. The van der Waals surface area contributed by atoms with E-state index in [-0.39, 0.29) is 11.1 Å². The molecule has 0 amide bonds. The Morgan fingerprint density at radius 1 is 1.26 bits per heavy atom. The van der Waals surface area contributed by atoms with Gasteiger partial charge in [0, 0.05) is 22.5 Å². The molecule has 4 nitrogen and oxygen atoms in total. The fraction of sp³-hybridized carbons (Fsp3) is 0.333. The zero-order chi connectivity index (χ0) is 16.2. The second-order valence-corrected chi connectivity index (χ2v) is 7.89. The molecule has 0 unspecified atom stereocenters. The highest BCUT2D eigenvalue weighted by atomic mass is 32.1. The fourth-order valence-corrected chi connectivity index (χ4v) is 4.40. The molecule has 1 aliphatic heterocycles. The van der Waals surface area contributed by atoms with Gasteiger partial charge in [0.05, 0.1) is 5.39 Å². The summed E-state index contributed by atoms with van der Waals surface area (Å²) in [5, 5.41) is 0.783. The van der Waals surface area contributed by atoms with Gasteiger partial charge in [0.2, 0.25) is 0 Å². The molecule has 5 heteroatoms. The third kappa shape index (κ3) is 2.31. The molecule has 0 radical (unpaired) electrons. The lowest BCUT2D eigenvalue weighted by Crippen LogP contribution is -2.45. The molecule has 2 aromatic heterocycles. The summed E-state index contributed by atoms with van der Waals surface area (Å²) in [6.07, 6.45) is 0.883. The lowest BCUT2D eigenvalue weighted by atomic mass is 9.88. The number of benzene rings is 1. The molecule has 1 aromatic carbocycles. The highest BCUT2D eigenvalue weighted by Gasteiger charge is 2.33. The Morgan fingerprint density at radius 3 is 2.74 bits per heavy atom. The van der Waals surface area contributed by atoms with E-state index in [1.807, 2.05) is 30.3 Å². The Labute approximate surface area is 138 Å². The summed E-state index contributed by atoms with van der Waals surface area (Å²) in [6, 6.07) is 9.80. The Balaban J connectivity index is 1.93. The summed E-state index contributed by atoms with van der Waals surface area (Å²) in [5.41, 5.74) is 2.16. The molecule has 0 atom stereocenters. The van der Waals surface area contributed by atoms with E-state index >= 15 is 0 Å². The second kappa shape index (κ2) is 5.01. The fourth-order valence-electron chi connectivity index (χ4n) is 3.15. The van der Waals surface area contributed by atoms with Crippen LogP contribution in [0, 0.1) is 0 Å². The number of nitrogens with one attached hydrogen (secondary N) is 1. The number of likely N-dealkylation sites (N-methyl/N-ethyl adjacent to an activating group) is 1. The first-order valence-corrected chi connectivity index (χ1v) is 8.58. The minimum Gasteiger partial charge on any atom is -0.306 e. The van der Waals surface area contributed by atoms with Gasteiger partial charge in [-0.05, 0) is 32.9 Å². The molecule has 0 saturated carbocycles. The zero-order valence-corrected chi connectivity index (χ0v) is 14.3. The Morgan fingerprint density at radius 2 is 2.00 bits per heavy atom. The number of aromatic nitrogens is 2. The Hall–Kier alpha value is -1.98. The molecular weight excluding hydrogens is 306 g/mol. The molecule has 3 aromatic rings. The van der Waals surface area contributed by atoms with Crippen LogP contribution in [-0.4, -0.2) is 27.5 Å². The Bertz CT molecular complexity index is 940. The first-order chi connectivity index (χ1) is 11.0. The maximum absolute atomic E-state index is 12.7. The molecule has 0 aliphatic carbocycles. The van der Waals surface area contributed by atoms with Crippen LogP contribution in [0.5, 0.6) is 0 Å². The van der Waals surface area contributed by atoms with Crippen molar-refractivity contribution in [2.24, 2.45) is 0 Å². The number of aromatic amines is 1. The molecule has 4 rings (SSSR count). The van der Waals surface area contributed by atoms with Crippen LogP contribution < -0.4 is 5.56 Å². The van der Waals surface area contributed by atoms with E-state index in [4.69, 9.17) is 4.98 Å². The van der Waals surface area contributed by atoms with Gasteiger partial charge < -0.3 is 4.98 Å². The standard InChI is InChI=1S/C18H19N3OS/c1-18(2)9-12-13(10-21(18)3)23-17-14(12)16(22)19-15(20-17)11-7-5-4-6-8-11/h4-8H,9-10H2,1-3H3,(H,19,20,22). The first kappa shape index (κ1) is 14.6. The third-order valence-electron chi connectivity index (χ3n) is 4.82. The van der Waals surface area contributed by atoms with E-state index in [1.165, 1.54) is 10.4 Å². The molecule has 118 valence electrons. The normalized spacial score (nSPS) is 17.3. The topological polar surface area (TPSA) is 49.0 Å². The van der Waals surface area contributed by atoms with Gasteiger partial charge in [0.25, 0.3) is 5.56 Å². The van der Waals surface area contributed by atoms with E-state index in [0.29, 0.717) is 5.82 Å². The van der Waals surface area contributed by atoms with Crippen LogP contribution in [0.1, 0.15) is 24.3 Å². The van der Waals surface area contributed by atoms with Gasteiger partial charge in [0.1, 0.15) is 10.7 Å². The van der Waals surface area contributed by atoms with E-state index < -0.39 is 0 Å². The Kier molecular flexibility index (Phi) is 3.18. The van der Waals surface area contributed by atoms with Crippen molar-refractivity contribution in [3.8, 4) is 11.4 Å².